The zero-order valence-electron chi connectivity index (χ0n) is 8.35. The minimum absolute atomic E-state index is 0.442. The predicted molar refractivity (Wildman–Crippen MR) is 63.6 cm³/mol. The van der Waals surface area contributed by atoms with Gasteiger partial charge in [0.2, 0.25) is 0 Å². The molecule has 0 spiro atoms. The van der Waals surface area contributed by atoms with Crippen molar-refractivity contribution in [2.75, 3.05) is 0 Å². The summed E-state index contributed by atoms with van der Waals surface area (Å²) in [6.45, 7) is 0.442. The van der Waals surface area contributed by atoms with E-state index in [1.807, 2.05) is 0 Å². The van der Waals surface area contributed by atoms with Crippen LogP contribution in [0.4, 0.5) is 0 Å². The minimum Gasteiger partial charge on any atom is -0.387 e. The Kier molecular flexibility index (Phi) is 3.49. The Hall–Kier alpha value is -1.03. The molecule has 0 fully saturated rings. The monoisotopic (exact) mass is 256 g/mol. The second-order valence-electron chi connectivity index (χ2n) is 3.45. The minimum atomic E-state index is -0.621. The summed E-state index contributed by atoms with van der Waals surface area (Å²) < 4.78 is 1.80. The lowest BCUT2D eigenvalue weighted by Gasteiger charge is -2.12. The van der Waals surface area contributed by atoms with Gasteiger partial charge in [0, 0.05) is 12.4 Å². The van der Waals surface area contributed by atoms with E-state index in [4.69, 9.17) is 23.2 Å². The Morgan fingerprint density at radius 2 is 2.12 bits per heavy atom. The molecule has 0 aliphatic rings. The van der Waals surface area contributed by atoms with Crippen LogP contribution in [0.15, 0.2) is 36.9 Å². The van der Waals surface area contributed by atoms with E-state index in [0.717, 1.165) is 5.56 Å². The molecular weight excluding hydrogens is 247 g/mol. The molecule has 0 aliphatic carbocycles. The summed E-state index contributed by atoms with van der Waals surface area (Å²) in [5, 5.41) is 10.9. The van der Waals surface area contributed by atoms with Gasteiger partial charge in [0.25, 0.3) is 0 Å². The number of halogens is 2. The van der Waals surface area contributed by atoms with Crippen molar-refractivity contribution in [3.63, 3.8) is 0 Å². The van der Waals surface area contributed by atoms with Crippen LogP contribution >= 0.6 is 23.2 Å². The maximum absolute atomic E-state index is 9.96. The van der Waals surface area contributed by atoms with Crippen LogP contribution in [0, 0.1) is 0 Å². The third-order valence-corrected chi connectivity index (χ3v) is 3.01. The molecule has 0 aliphatic heterocycles. The number of nitrogens with zero attached hydrogens (tertiary/aromatic N) is 2. The molecule has 0 saturated carbocycles. The lowest BCUT2D eigenvalue weighted by atomic mass is 10.1. The van der Waals surface area contributed by atoms with Crippen molar-refractivity contribution in [1.82, 2.24) is 9.55 Å². The van der Waals surface area contributed by atoms with Gasteiger partial charge in [-0.1, -0.05) is 29.3 Å². The van der Waals surface area contributed by atoms with Gasteiger partial charge in [0.1, 0.15) is 0 Å². The summed E-state index contributed by atoms with van der Waals surface area (Å²) in [5.41, 5.74) is 0.739. The molecule has 1 atom stereocenters. The third-order valence-electron chi connectivity index (χ3n) is 2.27. The Labute approximate surface area is 103 Å². The van der Waals surface area contributed by atoms with Crippen LogP contribution in [0.3, 0.4) is 0 Å². The number of aliphatic hydroxyl groups excluding tert-OH is 1. The van der Waals surface area contributed by atoms with Gasteiger partial charge in [-0.15, -0.1) is 0 Å². The number of aromatic nitrogens is 2. The summed E-state index contributed by atoms with van der Waals surface area (Å²) in [5.74, 6) is 0. The summed E-state index contributed by atoms with van der Waals surface area (Å²) in [6.07, 6.45) is 4.49. The first kappa shape index (κ1) is 11.5. The Bertz CT molecular complexity index is 471. The summed E-state index contributed by atoms with van der Waals surface area (Å²) >= 11 is 11.7. The molecule has 0 amide bonds. The van der Waals surface area contributed by atoms with Crippen LogP contribution < -0.4 is 0 Å². The zero-order valence-corrected chi connectivity index (χ0v) is 9.86. The lowest BCUT2D eigenvalue weighted by molar-refractivity contribution is 0.156. The topological polar surface area (TPSA) is 38.0 Å². The summed E-state index contributed by atoms with van der Waals surface area (Å²) in [6, 6.07) is 5.11. The van der Waals surface area contributed by atoms with E-state index in [1.54, 1.807) is 41.5 Å². The van der Waals surface area contributed by atoms with Gasteiger partial charge in [0.05, 0.1) is 29.0 Å². The van der Waals surface area contributed by atoms with Crippen LogP contribution in [0.1, 0.15) is 11.7 Å². The van der Waals surface area contributed by atoms with Gasteiger partial charge in [0.15, 0.2) is 0 Å². The van der Waals surface area contributed by atoms with E-state index < -0.39 is 6.10 Å². The summed E-state index contributed by atoms with van der Waals surface area (Å²) in [7, 11) is 0. The van der Waals surface area contributed by atoms with E-state index in [9.17, 15) is 5.11 Å². The number of hydrogen-bond acceptors (Lipinski definition) is 2. The van der Waals surface area contributed by atoms with Crippen molar-refractivity contribution in [1.29, 1.82) is 0 Å². The molecule has 0 bridgehead atoms. The normalized spacial score (nSPS) is 12.7. The van der Waals surface area contributed by atoms with Gasteiger partial charge >= 0.3 is 0 Å². The predicted octanol–water partition coefficient (Wildman–Crippen LogP) is 2.92. The highest BCUT2D eigenvalue weighted by molar-refractivity contribution is 6.42. The van der Waals surface area contributed by atoms with Gasteiger partial charge in [-0.25, -0.2) is 4.98 Å². The SMILES string of the molecule is OC(Cn1ccnc1)c1ccc(Cl)c(Cl)c1. The first-order valence-corrected chi connectivity index (χ1v) is 5.51. The fraction of sp³-hybridized carbons (Fsp3) is 0.182. The molecule has 2 rings (SSSR count). The molecule has 2 aromatic rings. The third kappa shape index (κ3) is 2.55. The van der Waals surface area contributed by atoms with Crippen LogP contribution in [0.5, 0.6) is 0 Å². The Morgan fingerprint density at radius 1 is 1.31 bits per heavy atom. The van der Waals surface area contributed by atoms with E-state index in [0.29, 0.717) is 16.6 Å². The average molecular weight is 257 g/mol. The van der Waals surface area contributed by atoms with Crippen molar-refractivity contribution in [3.8, 4) is 0 Å². The molecule has 1 unspecified atom stereocenters. The number of imidazole rings is 1. The van der Waals surface area contributed by atoms with Crippen molar-refractivity contribution < 1.29 is 5.11 Å². The molecule has 1 aromatic carbocycles. The Morgan fingerprint density at radius 3 is 2.75 bits per heavy atom. The summed E-state index contributed by atoms with van der Waals surface area (Å²) in [4.78, 5) is 3.91. The number of hydrogen-bond donors (Lipinski definition) is 1. The van der Waals surface area contributed by atoms with Crippen molar-refractivity contribution in [3.05, 3.63) is 52.5 Å². The van der Waals surface area contributed by atoms with Gasteiger partial charge in [-0.05, 0) is 17.7 Å². The van der Waals surface area contributed by atoms with Gasteiger partial charge in [-0.2, -0.15) is 0 Å². The highest BCUT2D eigenvalue weighted by Crippen LogP contribution is 2.26. The maximum atomic E-state index is 9.96. The van der Waals surface area contributed by atoms with E-state index in [1.165, 1.54) is 0 Å². The van der Waals surface area contributed by atoms with Gasteiger partial charge in [-0.3, -0.25) is 0 Å². The van der Waals surface area contributed by atoms with Gasteiger partial charge < -0.3 is 9.67 Å². The average Bonchev–Trinajstić information content (AvgIpc) is 2.74. The molecule has 1 N–H and O–H groups in total. The van der Waals surface area contributed by atoms with E-state index >= 15 is 0 Å². The second-order valence-corrected chi connectivity index (χ2v) is 4.26. The lowest BCUT2D eigenvalue weighted by Crippen LogP contribution is -2.06. The van der Waals surface area contributed by atoms with E-state index in [2.05, 4.69) is 4.98 Å². The molecule has 16 heavy (non-hydrogen) atoms. The van der Waals surface area contributed by atoms with E-state index in [-0.39, 0.29) is 0 Å². The first-order chi connectivity index (χ1) is 7.66. The maximum Gasteiger partial charge on any atom is 0.0969 e. The number of rotatable bonds is 3. The molecule has 1 aromatic heterocycles. The molecule has 84 valence electrons. The molecule has 3 nitrogen and oxygen atoms in total. The zero-order chi connectivity index (χ0) is 11.5. The highest BCUT2D eigenvalue weighted by atomic mass is 35.5. The highest BCUT2D eigenvalue weighted by Gasteiger charge is 2.09. The molecule has 5 heteroatoms. The quantitative estimate of drug-likeness (QED) is 0.917. The fourth-order valence-electron chi connectivity index (χ4n) is 1.42. The van der Waals surface area contributed by atoms with Crippen LogP contribution in [-0.2, 0) is 6.54 Å². The van der Waals surface area contributed by atoms with Crippen LogP contribution in [0.25, 0.3) is 0 Å². The number of benzene rings is 1. The standard InChI is InChI=1S/C11H10Cl2N2O/c12-9-2-1-8(5-10(9)13)11(16)6-15-4-3-14-7-15/h1-5,7,11,16H,6H2. The second kappa shape index (κ2) is 4.87. The molecule has 0 radical (unpaired) electrons. The van der Waals surface area contributed by atoms with Crippen molar-refractivity contribution >= 4 is 23.2 Å². The molecule has 1 heterocycles. The number of aliphatic hydroxyl groups is 1. The first-order valence-electron chi connectivity index (χ1n) is 4.75. The van der Waals surface area contributed by atoms with Crippen LogP contribution in [-0.4, -0.2) is 14.7 Å². The molecule has 0 saturated heterocycles. The Balaban J connectivity index is 2.14. The largest absolute Gasteiger partial charge is 0.387 e. The van der Waals surface area contributed by atoms with Crippen molar-refractivity contribution in [2.24, 2.45) is 0 Å². The van der Waals surface area contributed by atoms with Crippen LogP contribution in [0.2, 0.25) is 10.0 Å². The van der Waals surface area contributed by atoms with Crippen molar-refractivity contribution in [2.45, 2.75) is 12.6 Å². The fourth-order valence-corrected chi connectivity index (χ4v) is 1.73. The smallest absolute Gasteiger partial charge is 0.0969 e. The molecular formula is C11H10Cl2N2O.